The lowest BCUT2D eigenvalue weighted by Gasteiger charge is -2.43. The van der Waals surface area contributed by atoms with Crippen LogP contribution in [0.15, 0.2) is 53.1 Å². The van der Waals surface area contributed by atoms with Crippen molar-refractivity contribution in [2.45, 2.75) is 63.8 Å². The molecule has 2 aromatic carbocycles. The molecule has 3 aliphatic rings. The zero-order chi connectivity index (χ0) is 34.4. The normalized spacial score (nSPS) is 23.8. The first-order chi connectivity index (χ1) is 22.0. The standard InChI is InChI=1S/C32H31BF7NO6/c1-2-3-16(8-17-4-6-25(43)24(34)9-17)5-7-26-27-18(15-42)10-22-28(23(27)14-33(46)47-26)30(45)41(29(22)44)21-12-19(31(35,36)37)11-20(13-21)32(38,39)40/h4,6,8-9,11-13,22-23,26,28,42-43,46H,2-3,5,7,10,14-15H2,1H3/b16-8+/t22-,23+,26-,28-/m1/s1. The van der Waals surface area contributed by atoms with E-state index in [1.165, 1.54) is 18.2 Å². The number of fused-ring (bicyclic) bond motifs is 3. The van der Waals surface area contributed by atoms with E-state index in [1.807, 2.05) is 6.92 Å². The number of carbonyl (C=O) groups excluding carboxylic acids is 2. The summed E-state index contributed by atoms with van der Waals surface area (Å²) in [5, 5.41) is 30.5. The molecule has 4 atom stereocenters. The first-order valence-corrected chi connectivity index (χ1v) is 15.0. The third-order valence-corrected chi connectivity index (χ3v) is 8.97. The Morgan fingerprint density at radius 2 is 1.66 bits per heavy atom. The molecule has 2 saturated heterocycles. The number of phenols is 1. The molecule has 2 amide bonds. The Morgan fingerprint density at radius 1 is 1.00 bits per heavy atom. The Balaban J connectivity index is 1.47. The lowest BCUT2D eigenvalue weighted by atomic mass is 9.58. The van der Waals surface area contributed by atoms with Gasteiger partial charge in [0.25, 0.3) is 0 Å². The van der Waals surface area contributed by atoms with Gasteiger partial charge in [-0.25, -0.2) is 9.29 Å². The van der Waals surface area contributed by atoms with Crippen LogP contribution in [0.1, 0.15) is 55.7 Å². The number of aliphatic hydroxyl groups excluding tert-OH is 1. The number of hydrogen-bond acceptors (Lipinski definition) is 6. The van der Waals surface area contributed by atoms with Crippen molar-refractivity contribution in [3.8, 4) is 5.75 Å². The molecule has 2 aromatic rings. The minimum absolute atomic E-state index is 0.0933. The summed E-state index contributed by atoms with van der Waals surface area (Å²) in [6, 6.07) is 4.49. The average molecular weight is 669 g/mol. The molecule has 2 fully saturated rings. The van der Waals surface area contributed by atoms with E-state index in [2.05, 4.69) is 0 Å². The smallest absolute Gasteiger partial charge is 0.455 e. The van der Waals surface area contributed by atoms with E-state index >= 15 is 0 Å². The molecule has 3 N–H and O–H groups in total. The van der Waals surface area contributed by atoms with Gasteiger partial charge in [0.1, 0.15) is 0 Å². The summed E-state index contributed by atoms with van der Waals surface area (Å²) in [7, 11) is -1.42. The Hall–Kier alpha value is -3.69. The summed E-state index contributed by atoms with van der Waals surface area (Å²) in [6.45, 7) is 1.38. The van der Waals surface area contributed by atoms with Crippen LogP contribution in [-0.2, 0) is 26.6 Å². The Bertz CT molecular complexity index is 1590. The number of aliphatic hydroxyl groups is 1. The van der Waals surface area contributed by atoms with Crippen LogP contribution in [0, 0.1) is 23.6 Å². The van der Waals surface area contributed by atoms with Gasteiger partial charge in [-0.15, -0.1) is 0 Å². The third-order valence-electron chi connectivity index (χ3n) is 8.97. The van der Waals surface area contributed by atoms with Crippen molar-refractivity contribution >= 4 is 30.7 Å². The van der Waals surface area contributed by atoms with Crippen molar-refractivity contribution in [2.75, 3.05) is 11.5 Å². The first kappa shape index (κ1) is 34.6. The van der Waals surface area contributed by atoms with E-state index in [1.54, 1.807) is 6.08 Å². The van der Waals surface area contributed by atoms with Crippen LogP contribution < -0.4 is 4.90 Å². The molecular weight excluding hydrogens is 638 g/mol. The summed E-state index contributed by atoms with van der Waals surface area (Å²) in [6.07, 6.45) is -7.91. The fourth-order valence-corrected chi connectivity index (χ4v) is 6.99. The summed E-state index contributed by atoms with van der Waals surface area (Å²) in [4.78, 5) is 27.7. The second kappa shape index (κ2) is 13.1. The van der Waals surface area contributed by atoms with Crippen molar-refractivity contribution in [1.82, 2.24) is 0 Å². The highest BCUT2D eigenvalue weighted by Crippen LogP contribution is 2.52. The van der Waals surface area contributed by atoms with E-state index in [9.17, 15) is 55.6 Å². The monoisotopic (exact) mass is 669 g/mol. The number of imide groups is 1. The van der Waals surface area contributed by atoms with Gasteiger partial charge in [-0.05, 0) is 85.0 Å². The molecule has 0 saturated carbocycles. The average Bonchev–Trinajstić information content (AvgIpc) is 3.25. The zero-order valence-corrected chi connectivity index (χ0v) is 25.0. The fraction of sp³-hybridized carbons (Fsp3) is 0.438. The van der Waals surface area contributed by atoms with Crippen LogP contribution >= 0.6 is 0 Å². The second-order valence-corrected chi connectivity index (χ2v) is 12.1. The molecular formula is C32H31BF7NO6. The molecule has 0 aromatic heterocycles. The van der Waals surface area contributed by atoms with Gasteiger partial charge in [0.2, 0.25) is 11.8 Å². The van der Waals surface area contributed by atoms with Gasteiger partial charge < -0.3 is 19.9 Å². The number of carbonyl (C=O) groups is 2. The minimum Gasteiger partial charge on any atom is -0.505 e. The lowest BCUT2D eigenvalue weighted by Crippen LogP contribution is -2.46. The molecule has 252 valence electrons. The SMILES string of the molecule is CCC/C(=C\c1ccc(O)c(F)c1)CC[C@H]1OB(O)C[C@H]2C1=C(CO)C[C@H]1C(=O)N(c3cc(C(F)(F)F)cc(C(F)(F)F)c3)C(=O)[C@H]12. The predicted molar refractivity (Wildman–Crippen MR) is 156 cm³/mol. The van der Waals surface area contributed by atoms with E-state index in [0.29, 0.717) is 46.6 Å². The van der Waals surface area contributed by atoms with E-state index < -0.39 is 90.1 Å². The number of nitrogens with zero attached hydrogens (tertiary/aromatic N) is 1. The quantitative estimate of drug-likeness (QED) is 0.128. The maximum absolute atomic E-state index is 13.9. The minimum atomic E-state index is -5.20. The first-order valence-electron chi connectivity index (χ1n) is 15.0. The largest absolute Gasteiger partial charge is 0.505 e. The molecule has 0 bridgehead atoms. The summed E-state index contributed by atoms with van der Waals surface area (Å²) in [5.74, 6) is -6.58. The molecule has 7 nitrogen and oxygen atoms in total. The van der Waals surface area contributed by atoms with Crippen LogP contribution in [0.3, 0.4) is 0 Å². The van der Waals surface area contributed by atoms with Crippen molar-refractivity contribution in [3.63, 3.8) is 0 Å². The summed E-state index contributed by atoms with van der Waals surface area (Å²) >= 11 is 0. The van der Waals surface area contributed by atoms with Gasteiger partial charge in [0.15, 0.2) is 11.6 Å². The van der Waals surface area contributed by atoms with Crippen LogP contribution in [0.25, 0.3) is 6.08 Å². The highest BCUT2D eigenvalue weighted by molar-refractivity contribution is 6.43. The van der Waals surface area contributed by atoms with Crippen molar-refractivity contribution in [3.05, 3.63) is 75.6 Å². The van der Waals surface area contributed by atoms with Gasteiger partial charge in [-0.3, -0.25) is 9.59 Å². The maximum atomic E-state index is 13.9. The maximum Gasteiger partial charge on any atom is 0.455 e. The Kier molecular flexibility index (Phi) is 9.64. The van der Waals surface area contributed by atoms with E-state index in [-0.39, 0.29) is 25.2 Å². The van der Waals surface area contributed by atoms with Crippen molar-refractivity contribution < 1.29 is 60.2 Å². The van der Waals surface area contributed by atoms with Gasteiger partial charge in [0.05, 0.1) is 41.4 Å². The topological polar surface area (TPSA) is 107 Å². The van der Waals surface area contributed by atoms with Crippen molar-refractivity contribution in [1.29, 1.82) is 0 Å². The number of amides is 2. The van der Waals surface area contributed by atoms with E-state index in [0.717, 1.165) is 12.0 Å². The Labute approximate surface area is 265 Å². The molecule has 0 radical (unpaired) electrons. The molecule has 5 rings (SSSR count). The number of rotatable bonds is 8. The second-order valence-electron chi connectivity index (χ2n) is 12.1. The number of halogens is 7. The number of alkyl halides is 6. The van der Waals surface area contributed by atoms with Gasteiger partial charge >= 0.3 is 19.5 Å². The number of benzene rings is 2. The van der Waals surface area contributed by atoms with E-state index in [4.69, 9.17) is 4.65 Å². The zero-order valence-electron chi connectivity index (χ0n) is 25.0. The molecule has 0 spiro atoms. The number of allylic oxidation sites excluding steroid dienone is 1. The fourth-order valence-electron chi connectivity index (χ4n) is 6.99. The van der Waals surface area contributed by atoms with Gasteiger partial charge in [0, 0.05) is 0 Å². The van der Waals surface area contributed by atoms with Gasteiger partial charge in [-0.1, -0.05) is 31.1 Å². The van der Waals surface area contributed by atoms with Crippen molar-refractivity contribution in [2.24, 2.45) is 17.8 Å². The molecule has 0 unspecified atom stereocenters. The van der Waals surface area contributed by atoms with Crippen LogP contribution in [0.2, 0.25) is 6.32 Å². The highest BCUT2D eigenvalue weighted by atomic mass is 19.4. The molecule has 47 heavy (non-hydrogen) atoms. The molecule has 2 aliphatic heterocycles. The molecule has 1 aliphatic carbocycles. The number of anilines is 1. The Morgan fingerprint density at radius 3 is 2.23 bits per heavy atom. The van der Waals surface area contributed by atoms with Crippen LogP contribution in [0.4, 0.5) is 36.4 Å². The molecule has 2 heterocycles. The van der Waals surface area contributed by atoms with Crippen LogP contribution in [-0.4, -0.2) is 46.9 Å². The summed E-state index contributed by atoms with van der Waals surface area (Å²) in [5.41, 5.74) is -2.04. The third kappa shape index (κ3) is 6.97. The highest BCUT2D eigenvalue weighted by Gasteiger charge is 2.58. The van der Waals surface area contributed by atoms with Gasteiger partial charge in [-0.2, -0.15) is 26.3 Å². The number of hydrogen-bond donors (Lipinski definition) is 3. The summed E-state index contributed by atoms with van der Waals surface area (Å²) < 4.78 is 101. The lowest BCUT2D eigenvalue weighted by molar-refractivity contribution is -0.143. The number of phenolic OH excluding ortho intramolecular Hbond substituents is 1. The number of aromatic hydroxyl groups is 1. The molecule has 15 heteroatoms. The predicted octanol–water partition coefficient (Wildman–Crippen LogP) is 6.53. The van der Waals surface area contributed by atoms with Crippen LogP contribution in [0.5, 0.6) is 5.75 Å².